The molecule has 5 unspecified atom stereocenters. The predicted octanol–water partition coefficient (Wildman–Crippen LogP) is 0.975. The number of hydrogen-bond donors (Lipinski definition) is 6. The second-order valence-corrected chi connectivity index (χ2v) is 20.4. The fraction of sp³-hybridized carbons (Fsp3) is 1.00. The zero-order chi connectivity index (χ0) is 48.2. The Morgan fingerprint density at radius 3 is 1.03 bits per heavy atom. The number of nitrogens with two attached hydrogens (primary N) is 1. The Bertz CT molecular complexity index is 1270. The molecule has 7 N–H and O–H groups in total. The van der Waals surface area contributed by atoms with Gasteiger partial charge < -0.3 is 87.0 Å². The molecular weight excluding hydrogens is 1010 g/mol. The molecule has 0 aromatic carbocycles. The van der Waals surface area contributed by atoms with Crippen molar-refractivity contribution in [3.05, 3.63) is 0 Å². The Morgan fingerprint density at radius 1 is 0.400 bits per heavy atom. The van der Waals surface area contributed by atoms with E-state index in [1.165, 1.54) is 0 Å². The van der Waals surface area contributed by atoms with E-state index in [-0.39, 0.29) is 124 Å². The van der Waals surface area contributed by atoms with Crippen LogP contribution in [0.15, 0.2) is 0 Å². The van der Waals surface area contributed by atoms with Gasteiger partial charge in [-0.25, -0.2) is 13.7 Å². The number of ether oxygens (including phenoxy) is 11. The van der Waals surface area contributed by atoms with E-state index in [9.17, 15) is 32.9 Å². The molecule has 0 aliphatic carbocycles. The van der Waals surface area contributed by atoms with Crippen LogP contribution < -0.4 is 5.73 Å². The van der Waals surface area contributed by atoms with E-state index >= 15 is 0 Å². The van der Waals surface area contributed by atoms with E-state index < -0.39 is 43.8 Å². The standard InChI is InChI=1S/C31H69NO27P4S2/c1-60(34,35)53-22-18-48-14-10-44-6-2-42-5-9-47-13-17-51-21-25-56-63(40,41)59-31(26-52-28-32)27-57-61(36,37)54-23-19-49-15-11-45-7-3-43-4-8-46-12-16-50-20-24-55-62(38,39)58-30-65-64-29-33/h31,33H,2-30,32H2,1H3,(H,34,35)(H,36,37)(H,38,39)(H,40,41). The molecular formula is C31H69NO27P4S2. The van der Waals surface area contributed by atoms with Gasteiger partial charge in [-0.05, 0) is 0 Å². The van der Waals surface area contributed by atoms with Crippen molar-refractivity contribution in [2.24, 2.45) is 5.73 Å². The fourth-order valence-electron chi connectivity index (χ4n) is 3.80. The second kappa shape index (κ2) is 44.6. The number of hydrogen-bond acceptors (Lipinski definition) is 26. The molecule has 0 aromatic rings. The third-order valence-corrected chi connectivity index (χ3v) is 12.0. The number of aliphatic hydroxyl groups excluding tert-OH is 1. The van der Waals surface area contributed by atoms with Gasteiger partial charge in [0.2, 0.25) is 0 Å². The summed E-state index contributed by atoms with van der Waals surface area (Å²) in [4.78, 5) is 38.6. The van der Waals surface area contributed by atoms with Crippen molar-refractivity contribution in [3.8, 4) is 0 Å². The highest BCUT2D eigenvalue weighted by Crippen LogP contribution is 2.47. The number of phosphoric ester groups is 3. The predicted molar refractivity (Wildman–Crippen MR) is 231 cm³/mol. The fourth-order valence-corrected chi connectivity index (χ4v) is 7.86. The zero-order valence-corrected chi connectivity index (χ0v) is 41.7. The number of aliphatic hydroxyl groups is 1. The number of phosphoric acid groups is 3. The first-order valence-electron chi connectivity index (χ1n) is 19.9. The van der Waals surface area contributed by atoms with Gasteiger partial charge in [0.15, 0.2) is 0 Å². The molecule has 5 atom stereocenters. The van der Waals surface area contributed by atoms with Gasteiger partial charge in [-0.3, -0.25) is 31.7 Å². The molecule has 28 nitrogen and oxygen atoms in total. The van der Waals surface area contributed by atoms with E-state index in [2.05, 4.69) is 9.05 Å². The van der Waals surface area contributed by atoms with E-state index in [1.807, 2.05) is 0 Å². The maximum atomic E-state index is 12.4. The lowest BCUT2D eigenvalue weighted by atomic mass is 10.4. The van der Waals surface area contributed by atoms with Gasteiger partial charge in [0.1, 0.15) is 12.0 Å². The Morgan fingerprint density at radius 2 is 0.708 bits per heavy atom. The van der Waals surface area contributed by atoms with Crippen LogP contribution in [0.4, 0.5) is 0 Å². The molecule has 0 radical (unpaired) electrons. The maximum Gasteiger partial charge on any atom is 0.473 e. The van der Waals surface area contributed by atoms with Crippen LogP contribution >= 0.6 is 52.7 Å². The van der Waals surface area contributed by atoms with Crippen molar-refractivity contribution < 1.29 is 127 Å². The monoisotopic (exact) mass is 1080 g/mol. The highest BCUT2D eigenvalue weighted by atomic mass is 33.1. The lowest BCUT2D eigenvalue weighted by Crippen LogP contribution is -2.26. The van der Waals surface area contributed by atoms with E-state index in [4.69, 9.17) is 90.5 Å². The summed E-state index contributed by atoms with van der Waals surface area (Å²) in [5.41, 5.74) is 5.32. The quantitative estimate of drug-likeness (QED) is 0.0214. The largest absolute Gasteiger partial charge is 0.473 e. The summed E-state index contributed by atoms with van der Waals surface area (Å²) in [6.07, 6.45) is -1.34. The molecule has 0 rings (SSSR count). The molecule has 65 heavy (non-hydrogen) atoms. The minimum atomic E-state index is -4.68. The Hall–Kier alpha value is 0.660. The van der Waals surface area contributed by atoms with Crippen molar-refractivity contribution in [3.63, 3.8) is 0 Å². The first-order chi connectivity index (χ1) is 31.1. The first kappa shape index (κ1) is 65.7. The van der Waals surface area contributed by atoms with Crippen LogP contribution in [0.1, 0.15) is 0 Å². The molecule has 0 aliphatic rings. The molecule has 0 fully saturated rings. The van der Waals surface area contributed by atoms with E-state index in [1.54, 1.807) is 0 Å². The van der Waals surface area contributed by atoms with Crippen molar-refractivity contribution in [2.45, 2.75) is 6.10 Å². The minimum Gasteiger partial charge on any atom is -0.385 e. The summed E-state index contributed by atoms with van der Waals surface area (Å²) in [5.74, 6) is -0.263. The summed E-state index contributed by atoms with van der Waals surface area (Å²) < 4.78 is 139. The van der Waals surface area contributed by atoms with Gasteiger partial charge in [-0.15, -0.1) is 0 Å². The third kappa shape index (κ3) is 50.8. The van der Waals surface area contributed by atoms with Crippen LogP contribution in [-0.2, 0) is 102 Å². The smallest absolute Gasteiger partial charge is 0.385 e. The Balaban J connectivity index is 3.80. The third-order valence-electron chi connectivity index (χ3n) is 6.51. The molecule has 0 aliphatic heterocycles. The topological polar surface area (TPSA) is 362 Å². The minimum absolute atomic E-state index is 0.0144. The highest BCUT2D eigenvalue weighted by molar-refractivity contribution is 8.76. The van der Waals surface area contributed by atoms with Crippen molar-refractivity contribution in [1.29, 1.82) is 0 Å². The van der Waals surface area contributed by atoms with Crippen molar-refractivity contribution in [1.82, 2.24) is 0 Å². The summed E-state index contributed by atoms with van der Waals surface area (Å²) in [7, 11) is -14.9. The summed E-state index contributed by atoms with van der Waals surface area (Å²) in [5, 5.41) is 8.63. The van der Waals surface area contributed by atoms with Crippen LogP contribution in [0.25, 0.3) is 0 Å². The van der Waals surface area contributed by atoms with E-state index in [0.29, 0.717) is 59.5 Å². The molecule has 0 saturated carbocycles. The van der Waals surface area contributed by atoms with Gasteiger partial charge >= 0.3 is 31.1 Å². The van der Waals surface area contributed by atoms with Gasteiger partial charge in [-0.1, -0.05) is 21.6 Å². The van der Waals surface area contributed by atoms with Crippen molar-refractivity contribution in [2.75, 3.05) is 197 Å². The molecule has 0 bridgehead atoms. The van der Waals surface area contributed by atoms with Gasteiger partial charge in [0, 0.05) is 6.66 Å². The molecule has 0 heterocycles. The normalized spacial score (nSPS) is 16.2. The molecule has 392 valence electrons. The van der Waals surface area contributed by atoms with Gasteiger partial charge in [0.05, 0.1) is 184 Å². The molecule has 34 heteroatoms. The second-order valence-electron chi connectivity index (χ2n) is 11.8. The Labute approximate surface area is 387 Å². The average molecular weight is 1080 g/mol. The van der Waals surface area contributed by atoms with E-state index in [0.717, 1.165) is 28.3 Å². The maximum absolute atomic E-state index is 12.4. The SMILES string of the molecule is CP(=O)(O)OCCOCCOCCOCCOCCOCCOP(=O)(O)OC(COCN)COP(=O)(O)OCCOCCOCCOCCOCCOCCOP(=O)(O)OCSSCO. The van der Waals surface area contributed by atoms with Crippen LogP contribution in [0, 0.1) is 0 Å². The van der Waals surface area contributed by atoms with Gasteiger partial charge in [-0.2, -0.15) is 0 Å². The van der Waals surface area contributed by atoms with Crippen molar-refractivity contribution >= 4 is 52.7 Å². The number of rotatable bonds is 53. The summed E-state index contributed by atoms with van der Waals surface area (Å²) in [6.45, 7) is 3.43. The first-order valence-corrected chi connectivity index (χ1v) is 28.9. The van der Waals surface area contributed by atoms with Gasteiger partial charge in [0.25, 0.3) is 0 Å². The summed E-state index contributed by atoms with van der Waals surface area (Å²) >= 11 is 0. The van der Waals surface area contributed by atoms with Crippen LogP contribution in [0.5, 0.6) is 0 Å². The van der Waals surface area contributed by atoms with Crippen LogP contribution in [-0.4, -0.2) is 228 Å². The highest BCUT2D eigenvalue weighted by Gasteiger charge is 2.30. The summed E-state index contributed by atoms with van der Waals surface area (Å²) in [6, 6.07) is 0. The Kier molecular flexibility index (Phi) is 45.0. The lowest BCUT2D eigenvalue weighted by molar-refractivity contribution is -0.0199. The van der Waals surface area contributed by atoms with Crippen LogP contribution in [0.3, 0.4) is 0 Å². The van der Waals surface area contributed by atoms with Crippen LogP contribution in [0.2, 0.25) is 0 Å². The zero-order valence-electron chi connectivity index (χ0n) is 36.5. The molecule has 0 saturated heterocycles. The average Bonchev–Trinajstić information content (AvgIpc) is 3.24. The molecule has 0 amide bonds. The lowest BCUT2D eigenvalue weighted by Gasteiger charge is -2.21. The molecule has 0 spiro atoms. The molecule has 0 aromatic heterocycles.